The number of aromatic nitrogens is 1. The Hall–Kier alpha value is -1.93. The summed E-state index contributed by atoms with van der Waals surface area (Å²) in [6, 6.07) is 3.56. The molecule has 124 valence electrons. The van der Waals surface area contributed by atoms with Gasteiger partial charge in [-0.15, -0.1) is 0 Å². The smallest absolute Gasteiger partial charge is 0.246 e. The van der Waals surface area contributed by atoms with Gasteiger partial charge in [0.15, 0.2) is 5.76 Å². The molecule has 1 aliphatic heterocycles. The normalized spacial score (nSPS) is 18.1. The minimum Gasteiger partial charge on any atom is -0.493 e. The van der Waals surface area contributed by atoms with Crippen molar-refractivity contribution in [2.45, 2.75) is 37.6 Å². The van der Waals surface area contributed by atoms with E-state index >= 15 is 0 Å². The van der Waals surface area contributed by atoms with Crippen LogP contribution >= 0.6 is 0 Å². The number of nitrogens with zero attached hydrogens (tertiary/aromatic N) is 1. The molecule has 1 aromatic carbocycles. The Morgan fingerprint density at radius 2 is 2.13 bits per heavy atom. The Morgan fingerprint density at radius 1 is 1.35 bits per heavy atom. The van der Waals surface area contributed by atoms with Gasteiger partial charge in [-0.2, -0.15) is 0 Å². The molecule has 0 radical (unpaired) electrons. The standard InChI is InChI=1S/C15H17FN2O4S/c1-9-15(10(2)22-17-9)23(19,20)18-13-4-3-7-21-14-6-5-11(16)8-12(13)14/h5-6,8,13,18H,3-4,7H2,1-2H3/t13-/m0/s1. The third-order valence-corrected chi connectivity index (χ3v) is 5.49. The van der Waals surface area contributed by atoms with Gasteiger partial charge in [0.05, 0.1) is 12.6 Å². The van der Waals surface area contributed by atoms with Gasteiger partial charge in [0.2, 0.25) is 10.0 Å². The Morgan fingerprint density at radius 3 is 2.83 bits per heavy atom. The SMILES string of the molecule is Cc1noc(C)c1S(=O)(=O)N[C@H]1CCCOc2ccc(F)cc21. The molecular formula is C15H17FN2O4S. The zero-order valence-electron chi connectivity index (χ0n) is 12.8. The monoisotopic (exact) mass is 340 g/mol. The van der Waals surface area contributed by atoms with Crippen LogP contribution in [-0.4, -0.2) is 20.2 Å². The number of hydrogen-bond acceptors (Lipinski definition) is 5. The van der Waals surface area contributed by atoms with Gasteiger partial charge < -0.3 is 9.26 Å². The average Bonchev–Trinajstić information content (AvgIpc) is 2.71. The quantitative estimate of drug-likeness (QED) is 0.929. The molecule has 1 aromatic heterocycles. The molecule has 3 rings (SSSR count). The van der Waals surface area contributed by atoms with E-state index in [1.165, 1.54) is 18.2 Å². The Labute approximate surface area is 133 Å². The maximum absolute atomic E-state index is 13.6. The van der Waals surface area contributed by atoms with Crippen molar-refractivity contribution in [3.8, 4) is 5.75 Å². The molecule has 8 heteroatoms. The number of fused-ring (bicyclic) bond motifs is 1. The first-order valence-electron chi connectivity index (χ1n) is 7.26. The molecule has 0 spiro atoms. The van der Waals surface area contributed by atoms with Crippen LogP contribution < -0.4 is 9.46 Å². The molecule has 2 aromatic rings. The molecule has 0 aliphatic carbocycles. The molecule has 23 heavy (non-hydrogen) atoms. The lowest BCUT2D eigenvalue weighted by atomic mass is 10.0. The first-order valence-corrected chi connectivity index (χ1v) is 8.74. The number of halogens is 1. The van der Waals surface area contributed by atoms with Crippen molar-refractivity contribution in [1.82, 2.24) is 9.88 Å². The second kappa shape index (κ2) is 5.93. The van der Waals surface area contributed by atoms with Gasteiger partial charge in [0.25, 0.3) is 0 Å². The van der Waals surface area contributed by atoms with Crippen molar-refractivity contribution >= 4 is 10.0 Å². The van der Waals surface area contributed by atoms with Gasteiger partial charge in [0.1, 0.15) is 22.2 Å². The molecular weight excluding hydrogens is 323 g/mol. The summed E-state index contributed by atoms with van der Waals surface area (Å²) in [5.74, 6) is 0.283. The van der Waals surface area contributed by atoms with Crippen LogP contribution in [0.2, 0.25) is 0 Å². The number of rotatable bonds is 3. The highest BCUT2D eigenvalue weighted by atomic mass is 32.2. The summed E-state index contributed by atoms with van der Waals surface area (Å²) in [6.07, 6.45) is 1.17. The van der Waals surface area contributed by atoms with Crippen LogP contribution in [0.3, 0.4) is 0 Å². The second-order valence-corrected chi connectivity index (χ2v) is 7.15. The summed E-state index contributed by atoms with van der Waals surface area (Å²) in [4.78, 5) is 0.0284. The topological polar surface area (TPSA) is 81.4 Å². The van der Waals surface area contributed by atoms with E-state index in [2.05, 4.69) is 9.88 Å². The van der Waals surface area contributed by atoms with E-state index in [0.29, 0.717) is 36.5 Å². The Bertz CT molecular complexity index is 812. The zero-order chi connectivity index (χ0) is 16.6. The molecule has 1 N–H and O–H groups in total. The highest BCUT2D eigenvalue weighted by Gasteiger charge is 2.30. The average molecular weight is 340 g/mol. The minimum atomic E-state index is -3.83. The zero-order valence-corrected chi connectivity index (χ0v) is 13.6. The second-order valence-electron chi connectivity index (χ2n) is 5.50. The van der Waals surface area contributed by atoms with Crippen molar-refractivity contribution < 1.29 is 22.1 Å². The van der Waals surface area contributed by atoms with Crippen molar-refractivity contribution in [2.24, 2.45) is 0 Å². The number of aryl methyl sites for hydroxylation is 2. The first-order chi connectivity index (χ1) is 10.9. The van der Waals surface area contributed by atoms with E-state index in [-0.39, 0.29) is 10.7 Å². The third kappa shape index (κ3) is 3.09. The van der Waals surface area contributed by atoms with Crippen LogP contribution in [0, 0.1) is 19.7 Å². The van der Waals surface area contributed by atoms with E-state index in [1.54, 1.807) is 13.8 Å². The van der Waals surface area contributed by atoms with E-state index in [4.69, 9.17) is 9.26 Å². The van der Waals surface area contributed by atoms with Crippen LogP contribution in [0.25, 0.3) is 0 Å². The van der Waals surface area contributed by atoms with Gasteiger partial charge in [-0.1, -0.05) is 5.16 Å². The number of sulfonamides is 1. The summed E-state index contributed by atoms with van der Waals surface area (Å²) in [5.41, 5.74) is 0.789. The van der Waals surface area contributed by atoms with Crippen molar-refractivity contribution in [3.05, 3.63) is 41.0 Å². The molecule has 6 nitrogen and oxygen atoms in total. The van der Waals surface area contributed by atoms with E-state index in [1.807, 2.05) is 0 Å². The van der Waals surface area contributed by atoms with Crippen LogP contribution in [0.5, 0.6) is 5.75 Å². The summed E-state index contributed by atoms with van der Waals surface area (Å²) < 4.78 is 52.0. The fourth-order valence-corrected chi connectivity index (χ4v) is 4.35. The maximum atomic E-state index is 13.6. The predicted octanol–water partition coefficient (Wildman–Crippen LogP) is 2.62. The van der Waals surface area contributed by atoms with Crippen LogP contribution in [-0.2, 0) is 10.0 Å². The highest BCUT2D eigenvalue weighted by molar-refractivity contribution is 7.89. The van der Waals surface area contributed by atoms with Crippen LogP contribution in [0.4, 0.5) is 4.39 Å². The van der Waals surface area contributed by atoms with Gasteiger partial charge >= 0.3 is 0 Å². The number of nitrogens with one attached hydrogen (secondary N) is 1. The number of benzene rings is 1. The minimum absolute atomic E-state index is 0.0284. The van der Waals surface area contributed by atoms with E-state index in [9.17, 15) is 12.8 Å². The highest BCUT2D eigenvalue weighted by Crippen LogP contribution is 2.33. The lowest BCUT2D eigenvalue weighted by Crippen LogP contribution is -2.29. The van der Waals surface area contributed by atoms with E-state index < -0.39 is 21.9 Å². The van der Waals surface area contributed by atoms with Gasteiger partial charge in [-0.3, -0.25) is 0 Å². The van der Waals surface area contributed by atoms with E-state index in [0.717, 1.165) is 0 Å². The number of ether oxygens (including phenoxy) is 1. The third-order valence-electron chi connectivity index (χ3n) is 3.78. The molecule has 0 saturated carbocycles. The summed E-state index contributed by atoms with van der Waals surface area (Å²) in [6.45, 7) is 3.56. The van der Waals surface area contributed by atoms with Gasteiger partial charge in [0, 0.05) is 5.56 Å². The maximum Gasteiger partial charge on any atom is 0.246 e. The molecule has 0 bridgehead atoms. The van der Waals surface area contributed by atoms with Crippen molar-refractivity contribution in [3.63, 3.8) is 0 Å². The predicted molar refractivity (Wildman–Crippen MR) is 80.2 cm³/mol. The molecule has 0 amide bonds. The molecule has 0 saturated heterocycles. The fraction of sp³-hybridized carbons (Fsp3) is 0.400. The Kier molecular flexibility index (Phi) is 4.11. The Balaban J connectivity index is 1.98. The first kappa shape index (κ1) is 15.9. The van der Waals surface area contributed by atoms with Crippen molar-refractivity contribution in [1.29, 1.82) is 0 Å². The largest absolute Gasteiger partial charge is 0.493 e. The molecule has 2 heterocycles. The molecule has 1 atom stereocenters. The summed E-state index contributed by atoms with van der Waals surface area (Å²) in [5, 5.41) is 3.67. The molecule has 1 aliphatic rings. The molecule has 0 fully saturated rings. The van der Waals surface area contributed by atoms with Crippen LogP contribution in [0.1, 0.15) is 35.9 Å². The fourth-order valence-electron chi connectivity index (χ4n) is 2.78. The lowest BCUT2D eigenvalue weighted by Gasteiger charge is -2.18. The molecule has 0 unspecified atom stereocenters. The summed E-state index contributed by atoms with van der Waals surface area (Å²) in [7, 11) is -3.83. The van der Waals surface area contributed by atoms with Gasteiger partial charge in [-0.25, -0.2) is 17.5 Å². The number of hydrogen-bond donors (Lipinski definition) is 1. The summed E-state index contributed by atoms with van der Waals surface area (Å²) >= 11 is 0. The lowest BCUT2D eigenvalue weighted by molar-refractivity contribution is 0.315. The van der Waals surface area contributed by atoms with Crippen molar-refractivity contribution in [2.75, 3.05) is 6.61 Å². The van der Waals surface area contributed by atoms with Gasteiger partial charge in [-0.05, 0) is 44.9 Å². The van der Waals surface area contributed by atoms with Crippen LogP contribution in [0.15, 0.2) is 27.6 Å².